The SMILES string of the molecule is O=C(COc1cc2ccccc2cc1C(=O)Nc1cccnc1)NC1CC1. The molecule has 2 N–H and O–H groups in total. The minimum absolute atomic E-state index is 0.123. The Labute approximate surface area is 156 Å². The van der Waals surface area contributed by atoms with Crippen LogP contribution in [0.4, 0.5) is 5.69 Å². The number of rotatable bonds is 6. The Morgan fingerprint density at radius 1 is 1.07 bits per heavy atom. The maximum absolute atomic E-state index is 12.8. The highest BCUT2D eigenvalue weighted by Gasteiger charge is 2.23. The van der Waals surface area contributed by atoms with E-state index in [-0.39, 0.29) is 24.5 Å². The lowest BCUT2D eigenvalue weighted by molar-refractivity contribution is -0.123. The second kappa shape index (κ2) is 7.45. The largest absolute Gasteiger partial charge is 0.483 e. The van der Waals surface area contributed by atoms with E-state index in [1.54, 1.807) is 36.7 Å². The molecule has 0 radical (unpaired) electrons. The van der Waals surface area contributed by atoms with Gasteiger partial charge in [0.1, 0.15) is 5.75 Å². The topological polar surface area (TPSA) is 80.3 Å². The van der Waals surface area contributed by atoms with Gasteiger partial charge in [0, 0.05) is 12.2 Å². The second-order valence-electron chi connectivity index (χ2n) is 6.52. The molecule has 3 aromatic rings. The van der Waals surface area contributed by atoms with E-state index in [0.29, 0.717) is 17.0 Å². The van der Waals surface area contributed by atoms with Gasteiger partial charge >= 0.3 is 0 Å². The molecule has 2 amide bonds. The average molecular weight is 361 g/mol. The Hall–Kier alpha value is -3.41. The van der Waals surface area contributed by atoms with Gasteiger partial charge in [-0.1, -0.05) is 24.3 Å². The van der Waals surface area contributed by atoms with E-state index in [1.165, 1.54) is 0 Å². The fraction of sp³-hybridized carbons (Fsp3) is 0.190. The highest BCUT2D eigenvalue weighted by molar-refractivity contribution is 6.08. The summed E-state index contributed by atoms with van der Waals surface area (Å²) in [5.74, 6) is -0.114. The van der Waals surface area contributed by atoms with Gasteiger partial charge in [-0.3, -0.25) is 14.6 Å². The Bertz CT molecular complexity index is 984. The molecule has 0 atom stereocenters. The third-order valence-electron chi connectivity index (χ3n) is 4.31. The molecule has 0 spiro atoms. The van der Waals surface area contributed by atoms with E-state index in [1.807, 2.05) is 24.3 Å². The van der Waals surface area contributed by atoms with E-state index in [2.05, 4.69) is 15.6 Å². The minimum Gasteiger partial charge on any atom is -0.483 e. The van der Waals surface area contributed by atoms with Gasteiger partial charge in [0.25, 0.3) is 11.8 Å². The number of benzene rings is 2. The summed E-state index contributed by atoms with van der Waals surface area (Å²) in [6, 6.07) is 15.0. The van der Waals surface area contributed by atoms with Gasteiger partial charge in [-0.15, -0.1) is 0 Å². The van der Waals surface area contributed by atoms with Crippen molar-refractivity contribution in [3.63, 3.8) is 0 Å². The molecule has 0 saturated heterocycles. The number of hydrogen-bond acceptors (Lipinski definition) is 4. The van der Waals surface area contributed by atoms with Gasteiger partial charge in [-0.05, 0) is 47.9 Å². The summed E-state index contributed by atoms with van der Waals surface area (Å²) in [4.78, 5) is 28.7. The Morgan fingerprint density at radius 2 is 1.85 bits per heavy atom. The molecular weight excluding hydrogens is 342 g/mol. The molecule has 1 aromatic heterocycles. The summed E-state index contributed by atoms with van der Waals surface area (Å²) >= 11 is 0. The number of ether oxygens (including phenoxy) is 1. The van der Waals surface area contributed by atoms with Crippen LogP contribution in [0.3, 0.4) is 0 Å². The maximum atomic E-state index is 12.8. The van der Waals surface area contributed by atoms with E-state index >= 15 is 0 Å². The lowest BCUT2D eigenvalue weighted by Crippen LogP contribution is -2.30. The monoisotopic (exact) mass is 361 g/mol. The van der Waals surface area contributed by atoms with E-state index < -0.39 is 0 Å². The van der Waals surface area contributed by atoms with Crippen LogP contribution in [-0.4, -0.2) is 29.4 Å². The number of carbonyl (C=O) groups is 2. The quantitative estimate of drug-likeness (QED) is 0.707. The Morgan fingerprint density at radius 3 is 2.56 bits per heavy atom. The third-order valence-corrected chi connectivity index (χ3v) is 4.31. The highest BCUT2D eigenvalue weighted by atomic mass is 16.5. The van der Waals surface area contributed by atoms with Crippen LogP contribution in [0.25, 0.3) is 10.8 Å². The molecule has 4 rings (SSSR count). The lowest BCUT2D eigenvalue weighted by atomic mass is 10.1. The molecule has 6 heteroatoms. The molecule has 1 fully saturated rings. The molecule has 0 bridgehead atoms. The number of aromatic nitrogens is 1. The smallest absolute Gasteiger partial charge is 0.259 e. The van der Waals surface area contributed by atoms with E-state index in [4.69, 9.17) is 4.74 Å². The summed E-state index contributed by atoms with van der Waals surface area (Å²) in [5.41, 5.74) is 0.963. The number of hydrogen-bond donors (Lipinski definition) is 2. The molecule has 6 nitrogen and oxygen atoms in total. The van der Waals surface area contributed by atoms with Crippen molar-refractivity contribution >= 4 is 28.3 Å². The standard InChI is InChI=1S/C21H19N3O3/c25-20(23-16-7-8-16)13-27-19-11-15-5-2-1-4-14(15)10-18(19)21(26)24-17-6-3-9-22-12-17/h1-6,9-12,16H,7-8,13H2,(H,23,25)(H,24,26). The zero-order chi connectivity index (χ0) is 18.6. The van der Waals surface area contributed by atoms with Crippen molar-refractivity contribution in [3.05, 3.63) is 66.5 Å². The van der Waals surface area contributed by atoms with Crippen molar-refractivity contribution in [2.75, 3.05) is 11.9 Å². The predicted octanol–water partition coefficient (Wildman–Crippen LogP) is 3.14. The first-order valence-electron chi connectivity index (χ1n) is 8.85. The van der Waals surface area contributed by atoms with Crippen LogP contribution < -0.4 is 15.4 Å². The Balaban J connectivity index is 1.59. The van der Waals surface area contributed by atoms with Crippen molar-refractivity contribution in [2.24, 2.45) is 0 Å². The predicted molar refractivity (Wildman–Crippen MR) is 103 cm³/mol. The van der Waals surface area contributed by atoms with Gasteiger partial charge < -0.3 is 15.4 Å². The summed E-state index contributed by atoms with van der Waals surface area (Å²) in [6.07, 6.45) is 5.24. The normalized spacial score (nSPS) is 13.2. The zero-order valence-corrected chi connectivity index (χ0v) is 14.6. The van der Waals surface area contributed by atoms with Crippen LogP contribution >= 0.6 is 0 Å². The fourth-order valence-corrected chi connectivity index (χ4v) is 2.79. The van der Waals surface area contributed by atoms with Crippen molar-refractivity contribution in [2.45, 2.75) is 18.9 Å². The summed E-state index contributed by atoms with van der Waals surface area (Å²) < 4.78 is 5.71. The highest BCUT2D eigenvalue weighted by Crippen LogP contribution is 2.27. The summed E-state index contributed by atoms with van der Waals surface area (Å²) in [5, 5.41) is 7.55. The average Bonchev–Trinajstić information content (AvgIpc) is 3.50. The molecular formula is C21H19N3O3. The van der Waals surface area contributed by atoms with Crippen LogP contribution in [0.2, 0.25) is 0 Å². The molecule has 0 aliphatic heterocycles. The van der Waals surface area contributed by atoms with Gasteiger partial charge in [-0.25, -0.2) is 0 Å². The van der Waals surface area contributed by atoms with Crippen LogP contribution in [0.5, 0.6) is 5.75 Å². The molecule has 136 valence electrons. The molecule has 1 aliphatic carbocycles. The molecule has 2 aromatic carbocycles. The first-order valence-corrected chi connectivity index (χ1v) is 8.85. The van der Waals surface area contributed by atoms with Crippen LogP contribution in [-0.2, 0) is 4.79 Å². The van der Waals surface area contributed by atoms with Crippen molar-refractivity contribution in [1.29, 1.82) is 0 Å². The van der Waals surface area contributed by atoms with Gasteiger partial charge in [-0.2, -0.15) is 0 Å². The first kappa shape index (κ1) is 17.0. The molecule has 1 aliphatic rings. The number of nitrogens with zero attached hydrogens (tertiary/aromatic N) is 1. The number of pyridine rings is 1. The van der Waals surface area contributed by atoms with Crippen molar-refractivity contribution in [3.8, 4) is 5.75 Å². The number of nitrogens with one attached hydrogen (secondary N) is 2. The second-order valence-corrected chi connectivity index (χ2v) is 6.52. The summed E-state index contributed by atoms with van der Waals surface area (Å²) in [7, 11) is 0. The Kier molecular flexibility index (Phi) is 4.70. The number of amides is 2. The van der Waals surface area contributed by atoms with E-state index in [0.717, 1.165) is 23.6 Å². The summed E-state index contributed by atoms with van der Waals surface area (Å²) in [6.45, 7) is -0.123. The molecule has 27 heavy (non-hydrogen) atoms. The molecule has 0 unspecified atom stereocenters. The number of fused-ring (bicyclic) bond motifs is 1. The van der Waals surface area contributed by atoms with Crippen molar-refractivity contribution < 1.29 is 14.3 Å². The number of anilines is 1. The fourth-order valence-electron chi connectivity index (χ4n) is 2.79. The van der Waals surface area contributed by atoms with Gasteiger partial charge in [0.2, 0.25) is 0 Å². The molecule has 1 saturated carbocycles. The van der Waals surface area contributed by atoms with Crippen LogP contribution in [0.1, 0.15) is 23.2 Å². The lowest BCUT2D eigenvalue weighted by Gasteiger charge is -2.13. The third kappa shape index (κ3) is 4.23. The van der Waals surface area contributed by atoms with Crippen molar-refractivity contribution in [1.82, 2.24) is 10.3 Å². The maximum Gasteiger partial charge on any atom is 0.259 e. The number of carbonyl (C=O) groups excluding carboxylic acids is 2. The first-order chi connectivity index (χ1) is 13.2. The van der Waals surface area contributed by atoms with Crippen LogP contribution in [0, 0.1) is 0 Å². The van der Waals surface area contributed by atoms with Gasteiger partial charge in [0.15, 0.2) is 6.61 Å². The van der Waals surface area contributed by atoms with E-state index in [9.17, 15) is 9.59 Å². The zero-order valence-electron chi connectivity index (χ0n) is 14.6. The van der Waals surface area contributed by atoms with Gasteiger partial charge in [0.05, 0.1) is 17.4 Å². The van der Waals surface area contributed by atoms with Crippen LogP contribution in [0.15, 0.2) is 60.9 Å². The minimum atomic E-state index is -0.314. The molecule has 1 heterocycles.